The second kappa shape index (κ2) is 5.83. The molecule has 0 radical (unpaired) electrons. The minimum atomic E-state index is 0.261. The summed E-state index contributed by atoms with van der Waals surface area (Å²) in [5.74, 6) is 0.960. The molecule has 1 unspecified atom stereocenters. The highest BCUT2D eigenvalue weighted by molar-refractivity contribution is 5.78. The molecule has 0 aromatic heterocycles. The van der Waals surface area contributed by atoms with Gasteiger partial charge in [0.2, 0.25) is 5.91 Å². The lowest BCUT2D eigenvalue weighted by molar-refractivity contribution is -0.134. The molecule has 4 nitrogen and oxygen atoms in total. The minimum Gasteiger partial charge on any atom is -0.341 e. The molecular weight excluding hydrogens is 214 g/mol. The molecule has 2 fully saturated rings. The van der Waals surface area contributed by atoms with Crippen molar-refractivity contribution in [1.82, 2.24) is 9.80 Å². The van der Waals surface area contributed by atoms with Crippen molar-refractivity contribution in [3.05, 3.63) is 0 Å². The summed E-state index contributed by atoms with van der Waals surface area (Å²) in [6, 6.07) is 0.261. The fourth-order valence-corrected chi connectivity index (χ4v) is 2.94. The van der Waals surface area contributed by atoms with E-state index < -0.39 is 0 Å². The molecular formula is C13H25N3O. The molecule has 17 heavy (non-hydrogen) atoms. The number of nitrogens with zero attached hydrogens (tertiary/aromatic N) is 2. The van der Waals surface area contributed by atoms with Crippen molar-refractivity contribution in [2.75, 3.05) is 32.7 Å². The number of amides is 1. The van der Waals surface area contributed by atoms with Gasteiger partial charge in [-0.25, -0.2) is 0 Å². The Bertz CT molecular complexity index is 269. The van der Waals surface area contributed by atoms with Gasteiger partial charge in [0.25, 0.3) is 0 Å². The summed E-state index contributed by atoms with van der Waals surface area (Å²) in [6.45, 7) is 6.61. The normalized spacial score (nSPS) is 31.5. The van der Waals surface area contributed by atoms with Crippen LogP contribution in [0.15, 0.2) is 0 Å². The average molecular weight is 239 g/mol. The van der Waals surface area contributed by atoms with Gasteiger partial charge in [0.15, 0.2) is 0 Å². The van der Waals surface area contributed by atoms with Crippen LogP contribution in [0.1, 0.15) is 32.6 Å². The molecule has 2 rings (SSSR count). The first-order valence-corrected chi connectivity index (χ1v) is 6.91. The molecule has 2 aliphatic rings. The number of hydrogen-bond acceptors (Lipinski definition) is 3. The Morgan fingerprint density at radius 1 is 1.24 bits per heavy atom. The number of carbonyl (C=O) groups excluding carboxylic acids is 1. The number of carbonyl (C=O) groups is 1. The Labute approximate surface area is 104 Å². The highest BCUT2D eigenvalue weighted by Crippen LogP contribution is 2.16. The average Bonchev–Trinajstić information content (AvgIpc) is 2.29. The van der Waals surface area contributed by atoms with E-state index in [0.29, 0.717) is 18.4 Å². The lowest BCUT2D eigenvalue weighted by Gasteiger charge is -2.35. The molecule has 2 saturated heterocycles. The van der Waals surface area contributed by atoms with Gasteiger partial charge in [-0.15, -0.1) is 0 Å². The second-order valence-electron chi connectivity index (χ2n) is 5.72. The SMILES string of the molecule is CC1CCCN(C(=O)CN2CCC[C@@H](N)C2)C1. The summed E-state index contributed by atoms with van der Waals surface area (Å²) in [6.07, 6.45) is 4.65. The Kier molecular flexibility index (Phi) is 4.40. The maximum absolute atomic E-state index is 12.2. The molecule has 2 aliphatic heterocycles. The van der Waals surface area contributed by atoms with E-state index in [-0.39, 0.29) is 6.04 Å². The van der Waals surface area contributed by atoms with Gasteiger partial charge < -0.3 is 10.6 Å². The predicted molar refractivity (Wildman–Crippen MR) is 68.6 cm³/mol. The summed E-state index contributed by atoms with van der Waals surface area (Å²) in [5.41, 5.74) is 5.93. The van der Waals surface area contributed by atoms with Crippen LogP contribution in [0.5, 0.6) is 0 Å². The van der Waals surface area contributed by atoms with E-state index in [0.717, 1.165) is 45.4 Å². The molecule has 0 spiro atoms. The summed E-state index contributed by atoms with van der Waals surface area (Å²) in [7, 11) is 0. The molecule has 1 amide bonds. The lowest BCUT2D eigenvalue weighted by atomic mass is 10.00. The third-order valence-corrected chi connectivity index (χ3v) is 3.91. The first kappa shape index (κ1) is 12.8. The molecule has 0 aliphatic carbocycles. The molecule has 0 aromatic rings. The monoisotopic (exact) mass is 239 g/mol. The third-order valence-electron chi connectivity index (χ3n) is 3.91. The number of rotatable bonds is 2. The molecule has 2 atom stereocenters. The van der Waals surface area contributed by atoms with Crippen LogP contribution in [0.25, 0.3) is 0 Å². The number of hydrogen-bond donors (Lipinski definition) is 1. The smallest absolute Gasteiger partial charge is 0.236 e. The van der Waals surface area contributed by atoms with Gasteiger partial charge in [0.05, 0.1) is 6.54 Å². The van der Waals surface area contributed by atoms with Crippen LogP contribution in [0.4, 0.5) is 0 Å². The highest BCUT2D eigenvalue weighted by Gasteiger charge is 2.24. The van der Waals surface area contributed by atoms with Crippen LogP contribution >= 0.6 is 0 Å². The van der Waals surface area contributed by atoms with E-state index in [1.165, 1.54) is 6.42 Å². The van der Waals surface area contributed by atoms with Gasteiger partial charge >= 0.3 is 0 Å². The van der Waals surface area contributed by atoms with Gasteiger partial charge in [0, 0.05) is 25.7 Å². The topological polar surface area (TPSA) is 49.6 Å². The van der Waals surface area contributed by atoms with E-state index in [1.807, 2.05) is 4.90 Å². The van der Waals surface area contributed by atoms with Gasteiger partial charge in [-0.1, -0.05) is 6.92 Å². The molecule has 2 heterocycles. The van der Waals surface area contributed by atoms with Crippen LogP contribution in [-0.4, -0.2) is 54.5 Å². The van der Waals surface area contributed by atoms with Gasteiger partial charge in [-0.05, 0) is 38.1 Å². The van der Waals surface area contributed by atoms with E-state index in [4.69, 9.17) is 5.73 Å². The van der Waals surface area contributed by atoms with Crippen LogP contribution in [0.3, 0.4) is 0 Å². The number of likely N-dealkylation sites (tertiary alicyclic amines) is 2. The standard InChI is InChI=1S/C13H25N3O/c1-11-4-2-7-16(8-11)13(17)10-15-6-3-5-12(14)9-15/h11-12H,2-10,14H2,1H3/t11?,12-/m1/s1. The zero-order valence-corrected chi connectivity index (χ0v) is 10.9. The molecule has 0 aromatic carbocycles. The zero-order valence-electron chi connectivity index (χ0n) is 10.9. The van der Waals surface area contributed by atoms with Gasteiger partial charge in [0.1, 0.15) is 0 Å². The highest BCUT2D eigenvalue weighted by atomic mass is 16.2. The number of nitrogens with two attached hydrogens (primary N) is 1. The first-order chi connectivity index (χ1) is 8.15. The quantitative estimate of drug-likeness (QED) is 0.770. The molecule has 4 heteroatoms. The van der Waals surface area contributed by atoms with Crippen molar-refractivity contribution in [1.29, 1.82) is 0 Å². The van der Waals surface area contributed by atoms with Crippen LogP contribution in [0, 0.1) is 5.92 Å². The summed E-state index contributed by atoms with van der Waals surface area (Å²) in [4.78, 5) is 16.4. The third kappa shape index (κ3) is 3.68. The van der Waals surface area contributed by atoms with Crippen molar-refractivity contribution in [2.45, 2.75) is 38.6 Å². The maximum Gasteiger partial charge on any atom is 0.236 e. The van der Waals surface area contributed by atoms with Crippen molar-refractivity contribution in [3.63, 3.8) is 0 Å². The first-order valence-electron chi connectivity index (χ1n) is 6.91. The molecule has 0 bridgehead atoms. The Hall–Kier alpha value is -0.610. The Balaban J connectivity index is 1.79. The summed E-state index contributed by atoms with van der Waals surface area (Å²) < 4.78 is 0. The Morgan fingerprint density at radius 2 is 2.00 bits per heavy atom. The largest absolute Gasteiger partial charge is 0.341 e. The fourth-order valence-electron chi connectivity index (χ4n) is 2.94. The molecule has 2 N–H and O–H groups in total. The Morgan fingerprint density at radius 3 is 2.71 bits per heavy atom. The van der Waals surface area contributed by atoms with Crippen molar-refractivity contribution < 1.29 is 4.79 Å². The van der Waals surface area contributed by atoms with Crippen LogP contribution in [-0.2, 0) is 4.79 Å². The predicted octanol–water partition coefficient (Wildman–Crippen LogP) is 0.668. The van der Waals surface area contributed by atoms with Crippen molar-refractivity contribution in [3.8, 4) is 0 Å². The van der Waals surface area contributed by atoms with Crippen LogP contribution < -0.4 is 5.73 Å². The summed E-state index contributed by atoms with van der Waals surface area (Å²) >= 11 is 0. The van der Waals surface area contributed by atoms with E-state index in [9.17, 15) is 4.79 Å². The second-order valence-corrected chi connectivity index (χ2v) is 5.72. The van der Waals surface area contributed by atoms with E-state index in [2.05, 4.69) is 11.8 Å². The lowest BCUT2D eigenvalue weighted by Crippen LogP contribution is -2.49. The van der Waals surface area contributed by atoms with Crippen molar-refractivity contribution in [2.24, 2.45) is 11.7 Å². The number of piperidine rings is 2. The molecule has 98 valence electrons. The maximum atomic E-state index is 12.2. The van der Waals surface area contributed by atoms with E-state index >= 15 is 0 Å². The van der Waals surface area contributed by atoms with Crippen LogP contribution in [0.2, 0.25) is 0 Å². The van der Waals surface area contributed by atoms with Gasteiger partial charge in [-0.2, -0.15) is 0 Å². The zero-order chi connectivity index (χ0) is 12.3. The van der Waals surface area contributed by atoms with Gasteiger partial charge in [-0.3, -0.25) is 9.69 Å². The minimum absolute atomic E-state index is 0.261. The fraction of sp³-hybridized carbons (Fsp3) is 0.923. The van der Waals surface area contributed by atoms with E-state index in [1.54, 1.807) is 0 Å². The van der Waals surface area contributed by atoms with Crippen molar-refractivity contribution >= 4 is 5.91 Å². The summed E-state index contributed by atoms with van der Waals surface area (Å²) in [5, 5.41) is 0. The molecule has 0 saturated carbocycles.